The number of hydrogen-bond donors (Lipinski definition) is 1. The molecule has 0 radical (unpaired) electrons. The molecule has 1 aromatic heterocycles. The molecular formula is C14H16NS+. The van der Waals surface area contributed by atoms with E-state index < -0.39 is 0 Å². The van der Waals surface area contributed by atoms with Crippen LogP contribution in [-0.2, 0) is 6.54 Å². The molecule has 1 nitrogen and oxygen atoms in total. The van der Waals surface area contributed by atoms with Gasteiger partial charge in [-0.15, -0.1) is 11.3 Å². The summed E-state index contributed by atoms with van der Waals surface area (Å²) in [5, 5.41) is 4.44. The Bertz CT molecular complexity index is 417. The molecule has 2 heteroatoms. The van der Waals surface area contributed by atoms with Crippen molar-refractivity contribution < 1.29 is 5.32 Å². The summed E-state index contributed by atoms with van der Waals surface area (Å²) in [5.74, 6) is 0. The maximum atomic E-state index is 2.31. The molecule has 0 fully saturated rings. The number of quaternary nitrogens is 1. The first kappa shape index (κ1) is 11.1. The second-order valence-corrected chi connectivity index (χ2v) is 4.65. The van der Waals surface area contributed by atoms with Gasteiger partial charge in [0, 0.05) is 0 Å². The quantitative estimate of drug-likeness (QED) is 0.760. The van der Waals surface area contributed by atoms with E-state index in [1.165, 1.54) is 10.4 Å². The zero-order chi connectivity index (χ0) is 11.1. The summed E-state index contributed by atoms with van der Waals surface area (Å²) in [6.07, 6.45) is 4.38. The SMILES string of the molecule is C(=C\c1ccccc1)/C[NH2+]Cc1cccs1. The van der Waals surface area contributed by atoms with E-state index in [-0.39, 0.29) is 0 Å². The standard InChI is InChI=1S/C14H15NS/c1-2-6-13(7-3-1)8-4-10-15-12-14-9-5-11-16-14/h1-9,11,15H,10,12H2/p+1/b8-4+. The third-order valence-corrected chi connectivity index (χ3v) is 3.24. The molecular weight excluding hydrogens is 214 g/mol. The van der Waals surface area contributed by atoms with E-state index in [0.717, 1.165) is 13.1 Å². The molecule has 2 rings (SSSR count). The van der Waals surface area contributed by atoms with E-state index in [0.29, 0.717) is 0 Å². The van der Waals surface area contributed by atoms with Crippen LogP contribution in [0.1, 0.15) is 10.4 Å². The first-order chi connectivity index (χ1) is 7.95. The fourth-order valence-electron chi connectivity index (χ4n) is 1.52. The van der Waals surface area contributed by atoms with Crippen LogP contribution in [-0.4, -0.2) is 6.54 Å². The van der Waals surface area contributed by atoms with Gasteiger partial charge in [0.15, 0.2) is 0 Å². The van der Waals surface area contributed by atoms with Crippen molar-refractivity contribution in [1.29, 1.82) is 0 Å². The highest BCUT2D eigenvalue weighted by Crippen LogP contribution is 2.05. The zero-order valence-electron chi connectivity index (χ0n) is 9.17. The Hall–Kier alpha value is -1.38. The highest BCUT2D eigenvalue weighted by Gasteiger charge is 1.93. The Labute approximate surface area is 100 Å². The van der Waals surface area contributed by atoms with E-state index in [4.69, 9.17) is 0 Å². The Morgan fingerprint density at radius 2 is 1.94 bits per heavy atom. The number of benzene rings is 1. The van der Waals surface area contributed by atoms with E-state index in [1.807, 2.05) is 17.4 Å². The van der Waals surface area contributed by atoms with Gasteiger partial charge in [0.2, 0.25) is 0 Å². The summed E-state index contributed by atoms with van der Waals surface area (Å²) >= 11 is 1.82. The van der Waals surface area contributed by atoms with Crippen molar-refractivity contribution in [2.24, 2.45) is 0 Å². The molecule has 1 heterocycles. The third kappa shape index (κ3) is 3.65. The molecule has 0 aliphatic heterocycles. The second kappa shape index (κ2) is 6.26. The second-order valence-electron chi connectivity index (χ2n) is 3.62. The molecule has 0 amide bonds. The van der Waals surface area contributed by atoms with Crippen LogP contribution in [0.4, 0.5) is 0 Å². The summed E-state index contributed by atoms with van der Waals surface area (Å²) in [6, 6.07) is 14.7. The fourth-order valence-corrected chi connectivity index (χ4v) is 2.22. The highest BCUT2D eigenvalue weighted by molar-refractivity contribution is 7.09. The first-order valence-corrected chi connectivity index (χ1v) is 6.39. The lowest BCUT2D eigenvalue weighted by Gasteiger charge is -1.95. The minimum absolute atomic E-state index is 1.03. The predicted octanol–water partition coefficient (Wildman–Crippen LogP) is 2.52. The molecule has 0 saturated heterocycles. The van der Waals surface area contributed by atoms with Gasteiger partial charge in [-0.3, -0.25) is 0 Å². The van der Waals surface area contributed by atoms with Crippen LogP contribution in [0.3, 0.4) is 0 Å². The lowest BCUT2D eigenvalue weighted by atomic mass is 10.2. The van der Waals surface area contributed by atoms with Gasteiger partial charge >= 0.3 is 0 Å². The maximum absolute atomic E-state index is 2.31. The van der Waals surface area contributed by atoms with Crippen molar-refractivity contribution in [1.82, 2.24) is 0 Å². The van der Waals surface area contributed by atoms with Crippen molar-refractivity contribution in [2.45, 2.75) is 6.54 Å². The van der Waals surface area contributed by atoms with Crippen LogP contribution in [0, 0.1) is 0 Å². The maximum Gasteiger partial charge on any atom is 0.111 e. The summed E-state index contributed by atoms with van der Waals surface area (Å²) < 4.78 is 0. The Morgan fingerprint density at radius 3 is 2.69 bits per heavy atom. The van der Waals surface area contributed by atoms with Crippen molar-refractivity contribution in [3.8, 4) is 0 Å². The van der Waals surface area contributed by atoms with Gasteiger partial charge in [0.25, 0.3) is 0 Å². The minimum atomic E-state index is 1.03. The Balaban J connectivity index is 1.70. The van der Waals surface area contributed by atoms with Crippen LogP contribution >= 0.6 is 11.3 Å². The number of hydrogen-bond acceptors (Lipinski definition) is 1. The lowest BCUT2D eigenvalue weighted by Crippen LogP contribution is -2.82. The van der Waals surface area contributed by atoms with Gasteiger partial charge < -0.3 is 5.32 Å². The summed E-state index contributed by atoms with van der Waals surface area (Å²) in [7, 11) is 0. The molecule has 0 atom stereocenters. The van der Waals surface area contributed by atoms with Crippen LogP contribution < -0.4 is 5.32 Å². The largest absolute Gasteiger partial charge is 0.339 e. The van der Waals surface area contributed by atoms with Gasteiger partial charge in [-0.05, 0) is 23.1 Å². The van der Waals surface area contributed by atoms with Gasteiger partial charge in [-0.1, -0.05) is 42.5 Å². The molecule has 0 saturated carbocycles. The average molecular weight is 230 g/mol. The van der Waals surface area contributed by atoms with Gasteiger partial charge in [-0.25, -0.2) is 0 Å². The molecule has 2 N–H and O–H groups in total. The molecule has 0 aliphatic rings. The van der Waals surface area contributed by atoms with Crippen molar-refractivity contribution >= 4 is 17.4 Å². The third-order valence-electron chi connectivity index (χ3n) is 2.34. The van der Waals surface area contributed by atoms with Crippen molar-refractivity contribution in [2.75, 3.05) is 6.54 Å². The summed E-state index contributed by atoms with van der Waals surface area (Å²) in [4.78, 5) is 1.44. The van der Waals surface area contributed by atoms with Crippen LogP contribution in [0.25, 0.3) is 6.08 Å². The summed E-state index contributed by atoms with van der Waals surface area (Å²) in [5.41, 5.74) is 1.27. The number of thiophene rings is 1. The van der Waals surface area contributed by atoms with E-state index >= 15 is 0 Å². The van der Waals surface area contributed by atoms with Crippen LogP contribution in [0.5, 0.6) is 0 Å². The normalized spacial score (nSPS) is 11.0. The van der Waals surface area contributed by atoms with E-state index in [1.54, 1.807) is 0 Å². The molecule has 0 aliphatic carbocycles. The predicted molar refractivity (Wildman–Crippen MR) is 70.3 cm³/mol. The zero-order valence-corrected chi connectivity index (χ0v) is 9.99. The fraction of sp³-hybridized carbons (Fsp3) is 0.143. The van der Waals surface area contributed by atoms with Crippen molar-refractivity contribution in [3.05, 3.63) is 64.4 Å². The minimum Gasteiger partial charge on any atom is -0.339 e. The molecule has 0 spiro atoms. The van der Waals surface area contributed by atoms with Crippen LogP contribution in [0.2, 0.25) is 0 Å². The molecule has 0 bridgehead atoms. The Morgan fingerprint density at radius 1 is 1.06 bits per heavy atom. The average Bonchev–Trinajstić information content (AvgIpc) is 2.83. The topological polar surface area (TPSA) is 16.6 Å². The molecule has 1 aromatic carbocycles. The van der Waals surface area contributed by atoms with Crippen molar-refractivity contribution in [3.63, 3.8) is 0 Å². The summed E-state index contributed by atoms with van der Waals surface area (Å²) in [6.45, 7) is 2.11. The molecule has 16 heavy (non-hydrogen) atoms. The van der Waals surface area contributed by atoms with Gasteiger partial charge in [0.05, 0.1) is 11.4 Å². The Kier molecular flexibility index (Phi) is 4.35. The highest BCUT2D eigenvalue weighted by atomic mass is 32.1. The monoisotopic (exact) mass is 230 g/mol. The molecule has 82 valence electrons. The smallest absolute Gasteiger partial charge is 0.111 e. The van der Waals surface area contributed by atoms with Crippen LogP contribution in [0.15, 0.2) is 53.9 Å². The lowest BCUT2D eigenvalue weighted by molar-refractivity contribution is -0.661. The van der Waals surface area contributed by atoms with E-state index in [9.17, 15) is 0 Å². The molecule has 0 unspecified atom stereocenters. The van der Waals surface area contributed by atoms with Gasteiger partial charge in [0.1, 0.15) is 6.54 Å². The number of rotatable bonds is 5. The molecule has 2 aromatic rings. The first-order valence-electron chi connectivity index (χ1n) is 5.51. The van der Waals surface area contributed by atoms with Gasteiger partial charge in [-0.2, -0.15) is 0 Å². The van der Waals surface area contributed by atoms with E-state index in [2.05, 4.69) is 59.2 Å². The number of nitrogens with two attached hydrogens (primary N) is 1.